The van der Waals surface area contributed by atoms with Crippen LogP contribution in [0, 0.1) is 5.92 Å². The van der Waals surface area contributed by atoms with Gasteiger partial charge in [-0.25, -0.2) is 4.98 Å². The number of rotatable bonds is 4. The van der Waals surface area contributed by atoms with Gasteiger partial charge >= 0.3 is 0 Å². The topological polar surface area (TPSA) is 75.9 Å². The third-order valence-corrected chi connectivity index (χ3v) is 4.97. The smallest absolute Gasteiger partial charge is 0.145 e. The molecule has 2 N–H and O–H groups in total. The molecule has 122 valence electrons. The summed E-state index contributed by atoms with van der Waals surface area (Å²) in [6.45, 7) is 0.859. The Morgan fingerprint density at radius 3 is 2.91 bits per heavy atom. The quantitative estimate of drug-likeness (QED) is 0.900. The van der Waals surface area contributed by atoms with Gasteiger partial charge < -0.3 is 10.4 Å². The van der Waals surface area contributed by atoms with Crippen LogP contribution in [0.25, 0.3) is 0 Å². The fourth-order valence-corrected chi connectivity index (χ4v) is 3.80. The van der Waals surface area contributed by atoms with Gasteiger partial charge in [-0.05, 0) is 50.5 Å². The molecule has 2 aliphatic carbocycles. The van der Waals surface area contributed by atoms with E-state index in [0.717, 1.165) is 49.4 Å². The average Bonchev–Trinajstić information content (AvgIpc) is 3.18. The lowest BCUT2D eigenvalue weighted by atomic mass is 10.0. The van der Waals surface area contributed by atoms with Crippen LogP contribution in [0.5, 0.6) is 0 Å². The van der Waals surface area contributed by atoms with Crippen LogP contribution >= 0.6 is 0 Å². The van der Waals surface area contributed by atoms with Crippen LogP contribution in [0.2, 0.25) is 0 Å². The maximum Gasteiger partial charge on any atom is 0.145 e. The second-order valence-corrected chi connectivity index (χ2v) is 6.74. The Morgan fingerprint density at radius 2 is 2.09 bits per heavy atom. The lowest BCUT2D eigenvalue weighted by molar-refractivity contribution is 0.166. The summed E-state index contributed by atoms with van der Waals surface area (Å²) < 4.78 is 1.94. The highest BCUT2D eigenvalue weighted by Crippen LogP contribution is 2.29. The van der Waals surface area contributed by atoms with E-state index >= 15 is 0 Å². The summed E-state index contributed by atoms with van der Waals surface area (Å²) in [4.78, 5) is 9.26. The number of fused-ring (bicyclic) bond motifs is 1. The van der Waals surface area contributed by atoms with Crippen molar-refractivity contribution in [1.82, 2.24) is 19.7 Å². The molecule has 0 spiro atoms. The van der Waals surface area contributed by atoms with E-state index in [9.17, 15) is 5.11 Å². The van der Waals surface area contributed by atoms with Gasteiger partial charge in [-0.2, -0.15) is 5.10 Å². The van der Waals surface area contributed by atoms with Crippen LogP contribution in [0.4, 0.5) is 5.82 Å². The predicted octanol–water partition coefficient (Wildman–Crippen LogP) is 1.80. The van der Waals surface area contributed by atoms with Crippen molar-refractivity contribution in [3.8, 4) is 0 Å². The maximum absolute atomic E-state index is 10.3. The highest BCUT2D eigenvalue weighted by Gasteiger charge is 2.33. The van der Waals surface area contributed by atoms with E-state index in [1.807, 2.05) is 23.1 Å². The van der Waals surface area contributed by atoms with E-state index < -0.39 is 0 Å². The number of nitrogens with zero attached hydrogens (tertiary/aromatic N) is 4. The van der Waals surface area contributed by atoms with E-state index in [-0.39, 0.29) is 12.1 Å². The number of aromatic nitrogens is 4. The number of nitrogens with one attached hydrogen (secondary N) is 1. The Bertz CT molecular complexity index is 657. The second-order valence-electron chi connectivity index (χ2n) is 6.74. The summed E-state index contributed by atoms with van der Waals surface area (Å²) in [5, 5.41) is 18.0. The van der Waals surface area contributed by atoms with Crippen LogP contribution in [0.3, 0.4) is 0 Å². The molecule has 6 heteroatoms. The van der Waals surface area contributed by atoms with Crippen molar-refractivity contribution >= 4 is 5.82 Å². The van der Waals surface area contributed by atoms with E-state index in [1.165, 1.54) is 12.8 Å². The molecular formula is C17H23N5O. The Labute approximate surface area is 136 Å². The first-order chi connectivity index (χ1) is 11.3. The van der Waals surface area contributed by atoms with Crippen LogP contribution in [-0.2, 0) is 19.4 Å². The molecule has 2 heterocycles. The minimum Gasteiger partial charge on any atom is -0.391 e. The molecule has 1 unspecified atom stereocenters. The normalized spacial score (nSPS) is 26.9. The minimum absolute atomic E-state index is 0.0477. The van der Waals surface area contributed by atoms with Crippen molar-refractivity contribution in [2.24, 2.45) is 5.92 Å². The first-order valence-corrected chi connectivity index (χ1v) is 8.55. The standard InChI is InChI=1S/C17H23N5O/c23-16-9-12(11-22-7-3-6-19-22)8-15(16)21-17-10-18-13-4-1-2-5-14(13)20-17/h3,6-7,10,12,15-16,23H,1-2,4-5,8-9,11H2,(H,20,21)/t12?,15-,16-/m1/s1. The van der Waals surface area contributed by atoms with Gasteiger partial charge in [0.15, 0.2) is 0 Å². The molecule has 0 aliphatic heterocycles. The molecule has 2 aromatic rings. The number of aliphatic hydroxyl groups is 1. The zero-order chi connectivity index (χ0) is 15.6. The summed E-state index contributed by atoms with van der Waals surface area (Å²) in [5.41, 5.74) is 2.27. The number of hydrogen-bond acceptors (Lipinski definition) is 5. The first kappa shape index (κ1) is 14.6. The van der Waals surface area contributed by atoms with Crippen molar-refractivity contribution in [3.63, 3.8) is 0 Å². The van der Waals surface area contributed by atoms with Gasteiger partial charge in [-0.3, -0.25) is 9.67 Å². The number of anilines is 1. The fraction of sp³-hybridized carbons (Fsp3) is 0.588. The van der Waals surface area contributed by atoms with Crippen molar-refractivity contribution < 1.29 is 5.11 Å². The van der Waals surface area contributed by atoms with Crippen LogP contribution < -0.4 is 5.32 Å². The van der Waals surface area contributed by atoms with Crippen molar-refractivity contribution in [2.75, 3.05) is 5.32 Å². The van der Waals surface area contributed by atoms with Gasteiger partial charge in [-0.15, -0.1) is 0 Å². The van der Waals surface area contributed by atoms with Gasteiger partial charge in [-0.1, -0.05) is 0 Å². The summed E-state index contributed by atoms with van der Waals surface area (Å²) in [5.74, 6) is 1.24. The summed E-state index contributed by atoms with van der Waals surface area (Å²) >= 11 is 0. The third kappa shape index (κ3) is 3.22. The number of hydrogen-bond donors (Lipinski definition) is 2. The zero-order valence-corrected chi connectivity index (χ0v) is 13.2. The Morgan fingerprint density at radius 1 is 1.22 bits per heavy atom. The lowest BCUT2D eigenvalue weighted by Gasteiger charge is -2.19. The first-order valence-electron chi connectivity index (χ1n) is 8.55. The lowest BCUT2D eigenvalue weighted by Crippen LogP contribution is -2.28. The molecular weight excluding hydrogens is 290 g/mol. The molecule has 3 atom stereocenters. The molecule has 1 saturated carbocycles. The van der Waals surface area contributed by atoms with Gasteiger partial charge in [0.2, 0.25) is 0 Å². The van der Waals surface area contributed by atoms with E-state index in [2.05, 4.69) is 15.4 Å². The second kappa shape index (κ2) is 6.28. The van der Waals surface area contributed by atoms with Crippen molar-refractivity contribution in [1.29, 1.82) is 0 Å². The van der Waals surface area contributed by atoms with Crippen LogP contribution in [0.15, 0.2) is 24.7 Å². The zero-order valence-electron chi connectivity index (χ0n) is 13.2. The Hall–Kier alpha value is -1.95. The predicted molar refractivity (Wildman–Crippen MR) is 87.0 cm³/mol. The highest BCUT2D eigenvalue weighted by atomic mass is 16.3. The van der Waals surface area contributed by atoms with Crippen LogP contribution in [0.1, 0.15) is 37.1 Å². The molecule has 0 radical (unpaired) electrons. The largest absolute Gasteiger partial charge is 0.391 e. The van der Waals surface area contributed by atoms with Crippen molar-refractivity contribution in [3.05, 3.63) is 36.0 Å². The van der Waals surface area contributed by atoms with Gasteiger partial charge in [0.1, 0.15) is 5.82 Å². The van der Waals surface area contributed by atoms with E-state index in [1.54, 1.807) is 6.20 Å². The molecule has 2 aromatic heterocycles. The Balaban J connectivity index is 1.40. The number of aryl methyl sites for hydroxylation is 2. The van der Waals surface area contributed by atoms with Gasteiger partial charge in [0, 0.05) is 18.9 Å². The monoisotopic (exact) mass is 313 g/mol. The molecule has 0 saturated heterocycles. The van der Waals surface area contributed by atoms with E-state index in [4.69, 9.17) is 4.98 Å². The molecule has 0 amide bonds. The van der Waals surface area contributed by atoms with Crippen molar-refractivity contribution in [2.45, 2.75) is 57.2 Å². The summed E-state index contributed by atoms with van der Waals surface area (Å²) in [6.07, 6.45) is 11.5. The number of aliphatic hydroxyl groups excluding tert-OH is 1. The highest BCUT2D eigenvalue weighted by molar-refractivity contribution is 5.36. The molecule has 1 fully saturated rings. The van der Waals surface area contributed by atoms with Gasteiger partial charge in [0.05, 0.1) is 29.7 Å². The van der Waals surface area contributed by atoms with Gasteiger partial charge in [0.25, 0.3) is 0 Å². The molecule has 6 nitrogen and oxygen atoms in total. The SMILES string of the molecule is O[C@@H]1CC(Cn2cccn2)C[C@H]1Nc1cnc2c(n1)CCCC2. The fourth-order valence-electron chi connectivity index (χ4n) is 3.80. The molecule has 4 rings (SSSR count). The molecule has 0 aromatic carbocycles. The maximum atomic E-state index is 10.3. The third-order valence-electron chi connectivity index (χ3n) is 4.97. The van der Waals surface area contributed by atoms with Crippen LogP contribution in [-0.4, -0.2) is 37.0 Å². The summed E-state index contributed by atoms with van der Waals surface area (Å²) in [7, 11) is 0. The minimum atomic E-state index is -0.339. The van der Waals surface area contributed by atoms with E-state index in [0.29, 0.717) is 5.92 Å². The average molecular weight is 313 g/mol. The molecule has 0 bridgehead atoms. The molecule has 23 heavy (non-hydrogen) atoms. The molecule has 2 aliphatic rings. The summed E-state index contributed by atoms with van der Waals surface area (Å²) in [6, 6.07) is 1.98. The Kier molecular flexibility index (Phi) is 3.99.